The number of quaternary nitrogens is 1. The largest absolute Gasteiger partial charge is 0.544 e. The van der Waals surface area contributed by atoms with Crippen molar-refractivity contribution in [3.05, 3.63) is 18.6 Å². The van der Waals surface area contributed by atoms with Gasteiger partial charge < -0.3 is 40.9 Å². The fraction of sp³-hybridized carbons (Fsp3) is 0.533. The number of pyridine rings is 1. The van der Waals surface area contributed by atoms with E-state index in [0.717, 1.165) is 0 Å². The molecule has 1 saturated heterocycles. The van der Waals surface area contributed by atoms with Gasteiger partial charge in [0.05, 0.1) is 23.9 Å². The zero-order valence-corrected chi connectivity index (χ0v) is 14.7. The molecule has 3 heterocycles. The molecule has 26 heavy (non-hydrogen) atoms. The summed E-state index contributed by atoms with van der Waals surface area (Å²) < 4.78 is 7.45. The van der Waals surface area contributed by atoms with Crippen molar-refractivity contribution >= 4 is 34.6 Å². The number of fused-ring (bicyclic) bond motifs is 1. The number of nitrogens with two attached hydrogens (primary N) is 1. The number of nitrogens with zero attached hydrogens (tertiary/aromatic N) is 3. The Morgan fingerprint density at radius 1 is 1.46 bits per heavy atom. The number of carboxylic acid groups (broad SMARTS) is 1. The normalized spacial score (nSPS) is 27.0. The van der Waals surface area contributed by atoms with Gasteiger partial charge in [-0.15, -0.1) is 0 Å². The Kier molecular flexibility index (Phi) is 5.63. The quantitative estimate of drug-likeness (QED) is 0.366. The standard InChI is InChI=1S/C15H21N5O5S/c16-7(15(23)24)2-4-26-5-9-11(21)12(22)14(25-9)20-6-19-10-8(20)1-3-18-13(10)17/h1,3,6-7,9,11-12,14,21-22H,2,4-5,16H2,(H2,17,18)(H,23,24)/t7-,9+,11+,12+,14+/m0/s1. The van der Waals surface area contributed by atoms with Crippen molar-refractivity contribution in [2.75, 3.05) is 17.2 Å². The molecule has 11 heteroatoms. The van der Waals surface area contributed by atoms with Gasteiger partial charge in [0.2, 0.25) is 0 Å². The molecule has 1 fully saturated rings. The van der Waals surface area contributed by atoms with Crippen LogP contribution in [0.5, 0.6) is 0 Å². The van der Waals surface area contributed by atoms with E-state index < -0.39 is 36.6 Å². The Morgan fingerprint density at radius 3 is 2.96 bits per heavy atom. The summed E-state index contributed by atoms with van der Waals surface area (Å²) in [5, 5.41) is 31.3. The molecule has 0 aromatic carbocycles. The second kappa shape index (κ2) is 7.76. The van der Waals surface area contributed by atoms with Crippen LogP contribution in [0, 0.1) is 0 Å². The van der Waals surface area contributed by atoms with E-state index in [1.165, 1.54) is 24.3 Å². The van der Waals surface area contributed by atoms with Crippen molar-refractivity contribution in [2.45, 2.75) is 37.0 Å². The van der Waals surface area contributed by atoms with Crippen LogP contribution in [0.1, 0.15) is 12.6 Å². The third kappa shape index (κ3) is 3.62. The van der Waals surface area contributed by atoms with Gasteiger partial charge in [-0.3, -0.25) is 0 Å². The maximum atomic E-state index is 10.6. The minimum Gasteiger partial charge on any atom is -0.544 e. The van der Waals surface area contributed by atoms with Crippen molar-refractivity contribution in [3.8, 4) is 0 Å². The van der Waals surface area contributed by atoms with Crippen LogP contribution >= 0.6 is 11.8 Å². The number of aliphatic hydroxyl groups is 2. The highest BCUT2D eigenvalue weighted by Gasteiger charge is 2.43. The van der Waals surface area contributed by atoms with Crippen molar-refractivity contribution in [1.82, 2.24) is 14.5 Å². The van der Waals surface area contributed by atoms with Crippen LogP contribution in [0.2, 0.25) is 0 Å². The molecule has 5 atom stereocenters. The van der Waals surface area contributed by atoms with Crippen LogP contribution in [0.25, 0.3) is 11.0 Å². The summed E-state index contributed by atoms with van der Waals surface area (Å²) in [6.07, 6.45) is -0.203. The number of thioether (sulfide) groups is 1. The van der Waals surface area contributed by atoms with Gasteiger partial charge in [0, 0.05) is 18.4 Å². The third-order valence-corrected chi connectivity index (χ3v) is 5.45. The molecule has 2 aromatic rings. The topological polar surface area (TPSA) is 174 Å². The molecule has 7 N–H and O–H groups in total. The molecule has 3 rings (SSSR count). The number of aromatic nitrogens is 3. The molecule has 0 unspecified atom stereocenters. The number of aliphatic hydroxyl groups excluding tert-OH is 2. The van der Waals surface area contributed by atoms with Gasteiger partial charge in [-0.25, -0.2) is 9.97 Å². The molecule has 2 aromatic heterocycles. The van der Waals surface area contributed by atoms with E-state index in [1.807, 2.05) is 0 Å². The summed E-state index contributed by atoms with van der Waals surface area (Å²) in [6, 6.07) is 0.934. The fourth-order valence-electron chi connectivity index (χ4n) is 2.82. The number of rotatable bonds is 7. The minimum atomic E-state index is -1.18. The maximum Gasteiger partial charge on any atom is 0.164 e. The summed E-state index contributed by atoms with van der Waals surface area (Å²) in [6.45, 7) is 0. The highest BCUT2D eigenvalue weighted by molar-refractivity contribution is 7.99. The van der Waals surface area contributed by atoms with Crippen LogP contribution in [0.4, 0.5) is 5.82 Å². The number of carboxylic acids is 1. The third-order valence-electron chi connectivity index (χ3n) is 4.36. The number of anilines is 1. The summed E-state index contributed by atoms with van der Waals surface area (Å²) in [5.74, 6) is 0.0345. The molecule has 142 valence electrons. The molecule has 0 bridgehead atoms. The first-order valence-electron chi connectivity index (χ1n) is 8.10. The average molecular weight is 383 g/mol. The van der Waals surface area contributed by atoms with E-state index in [4.69, 9.17) is 10.5 Å². The predicted molar refractivity (Wildman–Crippen MR) is 91.5 cm³/mol. The first-order chi connectivity index (χ1) is 12.4. The lowest BCUT2D eigenvalue weighted by molar-refractivity contribution is -0.437. The lowest BCUT2D eigenvalue weighted by Crippen LogP contribution is -2.68. The molecule has 10 nitrogen and oxygen atoms in total. The molecule has 0 saturated carbocycles. The van der Waals surface area contributed by atoms with Gasteiger partial charge in [-0.05, 0) is 11.8 Å². The van der Waals surface area contributed by atoms with Gasteiger partial charge in [0.1, 0.15) is 23.8 Å². The van der Waals surface area contributed by atoms with E-state index in [0.29, 0.717) is 29.0 Å². The first kappa shape index (κ1) is 18.9. The molecule has 0 radical (unpaired) electrons. The van der Waals surface area contributed by atoms with Gasteiger partial charge in [0.25, 0.3) is 0 Å². The Labute approximate surface area is 153 Å². The van der Waals surface area contributed by atoms with E-state index in [2.05, 4.69) is 15.7 Å². The van der Waals surface area contributed by atoms with Crippen LogP contribution in [-0.4, -0.2) is 66.6 Å². The van der Waals surface area contributed by atoms with E-state index in [9.17, 15) is 20.1 Å². The lowest BCUT2D eigenvalue weighted by Gasteiger charge is -2.17. The average Bonchev–Trinajstić information content (AvgIpc) is 3.15. The Balaban J connectivity index is 1.64. The van der Waals surface area contributed by atoms with Gasteiger partial charge >= 0.3 is 0 Å². The van der Waals surface area contributed by atoms with Gasteiger partial charge in [-0.1, -0.05) is 0 Å². The summed E-state index contributed by atoms with van der Waals surface area (Å²) in [5.41, 5.74) is 10.4. The van der Waals surface area contributed by atoms with Crippen LogP contribution in [0.15, 0.2) is 18.6 Å². The van der Waals surface area contributed by atoms with Crippen LogP contribution < -0.4 is 16.6 Å². The van der Waals surface area contributed by atoms with Gasteiger partial charge in [-0.2, -0.15) is 11.8 Å². The first-order valence-corrected chi connectivity index (χ1v) is 9.26. The van der Waals surface area contributed by atoms with E-state index >= 15 is 0 Å². The van der Waals surface area contributed by atoms with Crippen molar-refractivity contribution in [2.24, 2.45) is 0 Å². The fourth-order valence-corrected chi connectivity index (χ4v) is 3.95. The molecule has 1 aliphatic rings. The smallest absolute Gasteiger partial charge is 0.164 e. The zero-order chi connectivity index (χ0) is 18.8. The Hall–Kier alpha value is -1.92. The van der Waals surface area contributed by atoms with Crippen molar-refractivity contribution in [1.29, 1.82) is 0 Å². The number of hydrogen-bond acceptors (Lipinski definition) is 9. The monoisotopic (exact) mass is 383 g/mol. The number of carbonyl (C=O) groups excluding carboxylic acids is 1. The van der Waals surface area contributed by atoms with Crippen LogP contribution in [-0.2, 0) is 9.53 Å². The summed E-state index contributed by atoms with van der Waals surface area (Å²) >= 11 is 1.43. The van der Waals surface area contributed by atoms with E-state index in [1.54, 1.807) is 10.6 Å². The number of aliphatic carboxylic acids is 1. The lowest BCUT2D eigenvalue weighted by atomic mass is 10.1. The molecule has 0 aliphatic carbocycles. The van der Waals surface area contributed by atoms with E-state index in [-0.39, 0.29) is 5.82 Å². The predicted octanol–water partition coefficient (Wildman–Crippen LogP) is -2.88. The summed E-state index contributed by atoms with van der Waals surface area (Å²) in [4.78, 5) is 18.8. The Morgan fingerprint density at radius 2 is 2.23 bits per heavy atom. The Bertz CT molecular complexity index is 787. The second-order valence-corrected chi connectivity index (χ2v) is 7.29. The number of hydrogen-bond donors (Lipinski definition) is 4. The van der Waals surface area contributed by atoms with Crippen molar-refractivity contribution < 1.29 is 30.6 Å². The number of nitrogen functional groups attached to an aromatic ring is 1. The van der Waals surface area contributed by atoms with Crippen molar-refractivity contribution in [3.63, 3.8) is 0 Å². The number of ether oxygens (including phenoxy) is 1. The molecule has 0 amide bonds. The second-order valence-electron chi connectivity index (χ2n) is 6.14. The maximum absolute atomic E-state index is 10.6. The molecule has 0 spiro atoms. The highest BCUT2D eigenvalue weighted by atomic mass is 32.2. The molecular weight excluding hydrogens is 362 g/mol. The molecular formula is C15H21N5O5S. The SMILES string of the molecule is Nc1nccc2c1ncn2[C@@H]1O[C@H](CSCC[C@H]([NH3+])C(=O)[O-])[C@@H](O)[C@H]1O. The molecule has 1 aliphatic heterocycles. The van der Waals surface area contributed by atoms with Gasteiger partial charge in [0.15, 0.2) is 12.0 Å². The highest BCUT2D eigenvalue weighted by Crippen LogP contribution is 2.33. The van der Waals surface area contributed by atoms with Crippen LogP contribution in [0.3, 0.4) is 0 Å². The number of imidazole rings is 1. The number of carbonyl (C=O) groups is 1. The zero-order valence-electron chi connectivity index (χ0n) is 13.9. The summed E-state index contributed by atoms with van der Waals surface area (Å²) in [7, 11) is 0. The minimum absolute atomic E-state index is 0.275.